The van der Waals surface area contributed by atoms with Crippen molar-refractivity contribution < 1.29 is 9.53 Å². The van der Waals surface area contributed by atoms with Gasteiger partial charge in [-0.1, -0.05) is 17.7 Å². The van der Waals surface area contributed by atoms with Crippen LogP contribution in [0.25, 0.3) is 11.3 Å². The van der Waals surface area contributed by atoms with Gasteiger partial charge in [-0.05, 0) is 30.3 Å². The first kappa shape index (κ1) is 12.4. The lowest BCUT2D eigenvalue weighted by Crippen LogP contribution is -2.12. The van der Waals surface area contributed by atoms with E-state index in [1.165, 1.54) is 0 Å². The smallest absolute Gasteiger partial charge is 0.267 e. The first-order valence-electron chi connectivity index (χ1n) is 5.22. The third-order valence-corrected chi connectivity index (χ3v) is 2.74. The molecule has 2 aromatic rings. The average molecular weight is 263 g/mol. The highest BCUT2D eigenvalue weighted by Gasteiger charge is 2.07. The molecule has 0 aliphatic carbocycles. The molecule has 0 aliphatic heterocycles. The highest BCUT2D eigenvalue weighted by atomic mass is 35.5. The molecule has 0 saturated heterocycles. The van der Waals surface area contributed by atoms with E-state index < -0.39 is 5.91 Å². The van der Waals surface area contributed by atoms with Gasteiger partial charge in [-0.2, -0.15) is 0 Å². The number of aromatic nitrogens is 1. The molecule has 0 fully saturated rings. The molecule has 2 rings (SSSR count). The number of amides is 1. The van der Waals surface area contributed by atoms with Crippen molar-refractivity contribution in [1.29, 1.82) is 0 Å². The maximum Gasteiger partial charge on any atom is 0.267 e. The molecular weight excluding hydrogens is 252 g/mol. The molecule has 2 N–H and O–H groups in total. The average Bonchev–Trinajstić information content (AvgIpc) is 2.38. The lowest BCUT2D eigenvalue weighted by atomic mass is 10.1. The van der Waals surface area contributed by atoms with Gasteiger partial charge in [0.05, 0.1) is 17.8 Å². The normalized spacial score (nSPS) is 10.1. The van der Waals surface area contributed by atoms with E-state index in [2.05, 4.69) is 4.98 Å². The molecule has 0 unspecified atom stereocenters. The number of hydrogen-bond donors (Lipinski definition) is 1. The number of nitrogens with two attached hydrogens (primary N) is 1. The molecule has 0 aliphatic rings. The highest BCUT2D eigenvalue weighted by Crippen LogP contribution is 2.29. The summed E-state index contributed by atoms with van der Waals surface area (Å²) in [6, 6.07) is 10.4. The number of hydrogen-bond acceptors (Lipinski definition) is 3. The van der Waals surface area contributed by atoms with Crippen LogP contribution >= 0.6 is 11.6 Å². The molecule has 1 heterocycles. The summed E-state index contributed by atoms with van der Waals surface area (Å²) in [5.74, 6) is 0.0305. The van der Waals surface area contributed by atoms with E-state index in [4.69, 9.17) is 22.1 Å². The van der Waals surface area contributed by atoms with Crippen LogP contribution in [0.5, 0.6) is 5.75 Å². The first-order valence-corrected chi connectivity index (χ1v) is 5.60. The Balaban J connectivity index is 2.45. The SMILES string of the molecule is COc1ccc(-c2cccc(C(N)=O)n2)cc1Cl. The van der Waals surface area contributed by atoms with Crippen molar-refractivity contribution in [3.8, 4) is 17.0 Å². The van der Waals surface area contributed by atoms with Crippen molar-refractivity contribution in [2.75, 3.05) is 7.11 Å². The van der Waals surface area contributed by atoms with Crippen LogP contribution in [0.4, 0.5) is 0 Å². The number of carbonyl (C=O) groups is 1. The van der Waals surface area contributed by atoms with Crippen LogP contribution in [0, 0.1) is 0 Å². The lowest BCUT2D eigenvalue weighted by Gasteiger charge is -2.06. The van der Waals surface area contributed by atoms with Gasteiger partial charge < -0.3 is 10.5 Å². The first-order chi connectivity index (χ1) is 8.61. The zero-order chi connectivity index (χ0) is 13.1. The molecule has 0 bridgehead atoms. The monoisotopic (exact) mass is 262 g/mol. The zero-order valence-corrected chi connectivity index (χ0v) is 10.4. The van der Waals surface area contributed by atoms with Gasteiger partial charge >= 0.3 is 0 Å². The second-order valence-electron chi connectivity index (χ2n) is 3.62. The lowest BCUT2D eigenvalue weighted by molar-refractivity contribution is 0.0995. The van der Waals surface area contributed by atoms with Crippen molar-refractivity contribution in [3.63, 3.8) is 0 Å². The molecule has 4 nitrogen and oxygen atoms in total. The molecular formula is C13H11ClN2O2. The molecule has 18 heavy (non-hydrogen) atoms. The fraction of sp³-hybridized carbons (Fsp3) is 0.0769. The summed E-state index contributed by atoms with van der Waals surface area (Å²) < 4.78 is 5.07. The Morgan fingerprint density at radius 3 is 2.72 bits per heavy atom. The summed E-state index contributed by atoms with van der Waals surface area (Å²) in [5.41, 5.74) is 6.84. The maximum absolute atomic E-state index is 11.1. The van der Waals surface area contributed by atoms with Crippen LogP contribution in [0.1, 0.15) is 10.5 Å². The van der Waals surface area contributed by atoms with Crippen molar-refractivity contribution in [2.45, 2.75) is 0 Å². The summed E-state index contributed by atoms with van der Waals surface area (Å²) in [4.78, 5) is 15.2. The second-order valence-corrected chi connectivity index (χ2v) is 4.03. The van der Waals surface area contributed by atoms with Gasteiger partial charge in [0.15, 0.2) is 0 Å². The Kier molecular flexibility index (Phi) is 3.48. The van der Waals surface area contributed by atoms with Gasteiger partial charge in [-0.15, -0.1) is 0 Å². The highest BCUT2D eigenvalue weighted by molar-refractivity contribution is 6.32. The predicted molar refractivity (Wildman–Crippen MR) is 69.8 cm³/mol. The van der Waals surface area contributed by atoms with Gasteiger partial charge in [0, 0.05) is 5.56 Å². The van der Waals surface area contributed by atoms with E-state index in [1.807, 2.05) is 6.07 Å². The predicted octanol–water partition coefficient (Wildman–Crippen LogP) is 2.51. The van der Waals surface area contributed by atoms with E-state index in [-0.39, 0.29) is 5.69 Å². The minimum absolute atomic E-state index is 0.222. The van der Waals surface area contributed by atoms with Gasteiger partial charge in [0.1, 0.15) is 11.4 Å². The van der Waals surface area contributed by atoms with Crippen molar-refractivity contribution in [2.24, 2.45) is 5.73 Å². The molecule has 1 aromatic heterocycles. The van der Waals surface area contributed by atoms with Gasteiger partial charge in [-0.25, -0.2) is 4.98 Å². The third kappa shape index (κ3) is 2.43. The molecule has 0 spiro atoms. The largest absolute Gasteiger partial charge is 0.495 e. The Hall–Kier alpha value is -2.07. The van der Waals surface area contributed by atoms with Crippen LogP contribution in [0.15, 0.2) is 36.4 Å². The second kappa shape index (κ2) is 5.06. The number of halogens is 1. The standard InChI is InChI=1S/C13H11ClN2O2/c1-18-12-6-5-8(7-9(12)14)10-3-2-4-11(16-10)13(15)17/h2-7H,1H3,(H2,15,17). The number of nitrogens with zero attached hydrogens (tertiary/aromatic N) is 1. The Bertz CT molecular complexity index is 599. The molecule has 1 amide bonds. The number of primary amides is 1. The summed E-state index contributed by atoms with van der Waals surface area (Å²) in [5, 5.41) is 0.487. The number of carbonyl (C=O) groups excluding carboxylic acids is 1. The summed E-state index contributed by atoms with van der Waals surface area (Å²) in [6.07, 6.45) is 0. The third-order valence-electron chi connectivity index (χ3n) is 2.45. The van der Waals surface area contributed by atoms with E-state index in [9.17, 15) is 4.79 Å². The quantitative estimate of drug-likeness (QED) is 0.924. The number of rotatable bonds is 3. The fourth-order valence-corrected chi connectivity index (χ4v) is 1.82. The van der Waals surface area contributed by atoms with E-state index in [0.29, 0.717) is 16.5 Å². The minimum atomic E-state index is -0.559. The van der Waals surface area contributed by atoms with Gasteiger partial charge in [-0.3, -0.25) is 4.79 Å². The van der Waals surface area contributed by atoms with Crippen LogP contribution in [0.3, 0.4) is 0 Å². The number of ether oxygens (including phenoxy) is 1. The molecule has 0 radical (unpaired) electrons. The molecule has 1 aromatic carbocycles. The van der Waals surface area contributed by atoms with Gasteiger partial charge in [0.25, 0.3) is 5.91 Å². The summed E-state index contributed by atoms with van der Waals surface area (Å²) in [7, 11) is 1.55. The molecule has 0 saturated carbocycles. The van der Waals surface area contributed by atoms with Crippen molar-refractivity contribution in [3.05, 3.63) is 47.1 Å². The van der Waals surface area contributed by atoms with Crippen LogP contribution < -0.4 is 10.5 Å². The minimum Gasteiger partial charge on any atom is -0.495 e. The van der Waals surface area contributed by atoms with Crippen LogP contribution in [-0.2, 0) is 0 Å². The Morgan fingerprint density at radius 2 is 2.11 bits per heavy atom. The number of benzene rings is 1. The van der Waals surface area contributed by atoms with Crippen LogP contribution in [-0.4, -0.2) is 18.0 Å². The number of pyridine rings is 1. The maximum atomic E-state index is 11.1. The summed E-state index contributed by atoms with van der Waals surface area (Å²) in [6.45, 7) is 0. The summed E-state index contributed by atoms with van der Waals surface area (Å²) >= 11 is 6.04. The Labute approximate surface area is 109 Å². The van der Waals surface area contributed by atoms with E-state index >= 15 is 0 Å². The topological polar surface area (TPSA) is 65.2 Å². The molecule has 5 heteroatoms. The molecule has 0 atom stereocenters. The van der Waals surface area contributed by atoms with Crippen molar-refractivity contribution in [1.82, 2.24) is 4.98 Å². The van der Waals surface area contributed by atoms with Crippen molar-refractivity contribution >= 4 is 17.5 Å². The van der Waals surface area contributed by atoms with Crippen LogP contribution in [0.2, 0.25) is 5.02 Å². The van der Waals surface area contributed by atoms with E-state index in [1.54, 1.807) is 37.4 Å². The molecule has 92 valence electrons. The number of methoxy groups -OCH3 is 1. The van der Waals surface area contributed by atoms with Gasteiger partial charge in [0.2, 0.25) is 0 Å². The zero-order valence-electron chi connectivity index (χ0n) is 9.68. The van der Waals surface area contributed by atoms with E-state index in [0.717, 1.165) is 5.56 Å². The fourth-order valence-electron chi connectivity index (χ4n) is 1.56. The Morgan fingerprint density at radius 1 is 1.33 bits per heavy atom.